The molecule has 0 saturated carbocycles. The molecular weight excluding hydrogens is 278 g/mol. The SMILES string of the molecule is C=CCN(CC=C)c1ccc(C(C)O)c(Br)c1. The van der Waals surface area contributed by atoms with Crippen molar-refractivity contribution < 1.29 is 5.11 Å². The number of aliphatic hydroxyl groups excluding tert-OH is 1. The lowest BCUT2D eigenvalue weighted by Crippen LogP contribution is -2.23. The van der Waals surface area contributed by atoms with E-state index in [1.165, 1.54) is 0 Å². The first kappa shape index (κ1) is 14.0. The molecule has 1 unspecified atom stereocenters. The van der Waals surface area contributed by atoms with Gasteiger partial charge in [0.05, 0.1) is 6.10 Å². The lowest BCUT2D eigenvalue weighted by Gasteiger charge is -2.22. The highest BCUT2D eigenvalue weighted by Crippen LogP contribution is 2.28. The summed E-state index contributed by atoms with van der Waals surface area (Å²) in [4.78, 5) is 2.15. The Hall–Kier alpha value is -1.06. The Morgan fingerprint density at radius 3 is 2.35 bits per heavy atom. The van der Waals surface area contributed by atoms with Crippen LogP contribution in [0.25, 0.3) is 0 Å². The zero-order valence-electron chi connectivity index (χ0n) is 10.1. The third kappa shape index (κ3) is 3.72. The van der Waals surface area contributed by atoms with Gasteiger partial charge in [-0.2, -0.15) is 0 Å². The smallest absolute Gasteiger partial charge is 0.0772 e. The van der Waals surface area contributed by atoms with Gasteiger partial charge >= 0.3 is 0 Å². The van der Waals surface area contributed by atoms with E-state index in [0.29, 0.717) is 0 Å². The second-order valence-corrected chi connectivity index (χ2v) is 4.72. The maximum atomic E-state index is 9.56. The first-order chi connectivity index (χ1) is 8.10. The highest BCUT2D eigenvalue weighted by molar-refractivity contribution is 9.10. The van der Waals surface area contributed by atoms with Gasteiger partial charge in [-0.3, -0.25) is 0 Å². The largest absolute Gasteiger partial charge is 0.389 e. The Bertz CT molecular complexity index is 391. The Kier molecular flexibility index (Phi) is 5.45. The molecule has 0 heterocycles. The minimum Gasteiger partial charge on any atom is -0.389 e. The number of anilines is 1. The van der Waals surface area contributed by atoms with Gasteiger partial charge in [-0.25, -0.2) is 0 Å². The molecule has 0 spiro atoms. The van der Waals surface area contributed by atoms with Crippen LogP contribution in [0.15, 0.2) is 48.0 Å². The number of benzene rings is 1. The summed E-state index contributed by atoms with van der Waals surface area (Å²) < 4.78 is 0.920. The average molecular weight is 296 g/mol. The van der Waals surface area contributed by atoms with Gasteiger partial charge in [0.2, 0.25) is 0 Å². The summed E-state index contributed by atoms with van der Waals surface area (Å²) >= 11 is 3.48. The van der Waals surface area contributed by atoms with Crippen molar-refractivity contribution in [3.63, 3.8) is 0 Å². The fourth-order valence-corrected chi connectivity index (χ4v) is 2.35. The van der Waals surface area contributed by atoms with Crippen molar-refractivity contribution in [3.8, 4) is 0 Å². The van der Waals surface area contributed by atoms with Crippen LogP contribution in [0.2, 0.25) is 0 Å². The highest BCUT2D eigenvalue weighted by Gasteiger charge is 2.09. The standard InChI is InChI=1S/C14H18BrNO/c1-4-8-16(9-5-2)12-6-7-13(11(3)17)14(15)10-12/h4-7,10-11,17H,1-2,8-9H2,3H3. The second kappa shape index (κ2) is 6.62. The lowest BCUT2D eigenvalue weighted by molar-refractivity contribution is 0.198. The molecule has 0 aliphatic heterocycles. The molecule has 0 amide bonds. The van der Waals surface area contributed by atoms with Crippen LogP contribution in [0.1, 0.15) is 18.6 Å². The van der Waals surface area contributed by atoms with Gasteiger partial charge in [0, 0.05) is 23.2 Å². The van der Waals surface area contributed by atoms with Gasteiger partial charge < -0.3 is 10.0 Å². The molecule has 0 radical (unpaired) electrons. The van der Waals surface area contributed by atoms with E-state index in [9.17, 15) is 5.11 Å². The van der Waals surface area contributed by atoms with E-state index >= 15 is 0 Å². The van der Waals surface area contributed by atoms with Crippen molar-refractivity contribution in [1.82, 2.24) is 0 Å². The lowest BCUT2D eigenvalue weighted by atomic mass is 10.1. The van der Waals surface area contributed by atoms with Crippen molar-refractivity contribution in [1.29, 1.82) is 0 Å². The average Bonchev–Trinajstić information content (AvgIpc) is 2.28. The summed E-state index contributed by atoms with van der Waals surface area (Å²) in [6.07, 6.45) is 3.26. The Balaban J connectivity index is 3.00. The van der Waals surface area contributed by atoms with E-state index in [-0.39, 0.29) is 0 Å². The summed E-state index contributed by atoms with van der Waals surface area (Å²) in [5.74, 6) is 0. The van der Waals surface area contributed by atoms with E-state index in [2.05, 4.69) is 34.0 Å². The van der Waals surface area contributed by atoms with Gasteiger partial charge in [0.15, 0.2) is 0 Å². The van der Waals surface area contributed by atoms with E-state index < -0.39 is 6.10 Å². The number of halogens is 1. The maximum absolute atomic E-state index is 9.56. The van der Waals surface area contributed by atoms with Crippen LogP contribution >= 0.6 is 15.9 Å². The van der Waals surface area contributed by atoms with Crippen LogP contribution in [0, 0.1) is 0 Å². The van der Waals surface area contributed by atoms with Crippen LogP contribution in [0.4, 0.5) is 5.69 Å². The van der Waals surface area contributed by atoms with Gasteiger partial charge in [-0.15, -0.1) is 13.2 Å². The molecule has 1 rings (SSSR count). The summed E-state index contributed by atoms with van der Waals surface area (Å²) in [6.45, 7) is 10.8. The third-order valence-corrected chi connectivity index (χ3v) is 3.19. The van der Waals surface area contributed by atoms with Gasteiger partial charge in [0.1, 0.15) is 0 Å². The minimum atomic E-state index is -0.467. The summed E-state index contributed by atoms with van der Waals surface area (Å²) in [7, 11) is 0. The molecular formula is C14H18BrNO. The zero-order chi connectivity index (χ0) is 12.8. The minimum absolute atomic E-state index is 0.467. The molecule has 1 aromatic carbocycles. The van der Waals surface area contributed by atoms with E-state index in [0.717, 1.165) is 28.8 Å². The van der Waals surface area contributed by atoms with Crippen molar-refractivity contribution in [2.75, 3.05) is 18.0 Å². The van der Waals surface area contributed by atoms with Crippen LogP contribution in [-0.2, 0) is 0 Å². The van der Waals surface area contributed by atoms with Gasteiger partial charge in [-0.1, -0.05) is 34.1 Å². The number of aliphatic hydroxyl groups is 1. The van der Waals surface area contributed by atoms with Crippen LogP contribution in [0.5, 0.6) is 0 Å². The molecule has 3 heteroatoms. The van der Waals surface area contributed by atoms with Crippen LogP contribution in [-0.4, -0.2) is 18.2 Å². The molecule has 1 N–H and O–H groups in total. The number of nitrogens with zero attached hydrogens (tertiary/aromatic N) is 1. The normalized spacial score (nSPS) is 11.9. The molecule has 0 aliphatic carbocycles. The van der Waals surface area contributed by atoms with Crippen molar-refractivity contribution in [3.05, 3.63) is 53.5 Å². The predicted molar refractivity (Wildman–Crippen MR) is 77.4 cm³/mol. The van der Waals surface area contributed by atoms with Gasteiger partial charge in [0.25, 0.3) is 0 Å². The topological polar surface area (TPSA) is 23.5 Å². The first-order valence-electron chi connectivity index (χ1n) is 5.54. The molecule has 0 saturated heterocycles. The number of rotatable bonds is 6. The van der Waals surface area contributed by atoms with Crippen LogP contribution < -0.4 is 4.90 Å². The molecule has 1 aromatic rings. The van der Waals surface area contributed by atoms with E-state index in [1.807, 2.05) is 30.4 Å². The summed E-state index contributed by atoms with van der Waals surface area (Å²) in [5.41, 5.74) is 1.98. The second-order valence-electron chi connectivity index (χ2n) is 3.86. The molecule has 17 heavy (non-hydrogen) atoms. The quantitative estimate of drug-likeness (QED) is 0.809. The molecule has 1 atom stereocenters. The molecule has 0 aromatic heterocycles. The van der Waals surface area contributed by atoms with E-state index in [4.69, 9.17) is 0 Å². The molecule has 0 fully saturated rings. The molecule has 2 nitrogen and oxygen atoms in total. The Labute approximate surface area is 111 Å². The summed E-state index contributed by atoms with van der Waals surface area (Å²) in [5, 5.41) is 9.56. The molecule has 0 bridgehead atoms. The molecule has 0 aliphatic rings. The maximum Gasteiger partial charge on any atom is 0.0772 e. The van der Waals surface area contributed by atoms with E-state index in [1.54, 1.807) is 6.92 Å². The van der Waals surface area contributed by atoms with Crippen molar-refractivity contribution in [2.24, 2.45) is 0 Å². The van der Waals surface area contributed by atoms with Gasteiger partial charge in [-0.05, 0) is 24.6 Å². The monoisotopic (exact) mass is 295 g/mol. The number of hydrogen-bond donors (Lipinski definition) is 1. The fraction of sp³-hybridized carbons (Fsp3) is 0.286. The van der Waals surface area contributed by atoms with Crippen molar-refractivity contribution >= 4 is 21.6 Å². The Morgan fingerprint density at radius 1 is 1.35 bits per heavy atom. The third-order valence-electron chi connectivity index (χ3n) is 2.50. The Morgan fingerprint density at radius 2 is 1.94 bits per heavy atom. The highest BCUT2D eigenvalue weighted by atomic mass is 79.9. The number of hydrogen-bond acceptors (Lipinski definition) is 2. The zero-order valence-corrected chi connectivity index (χ0v) is 11.7. The summed E-state index contributed by atoms with van der Waals surface area (Å²) in [6, 6.07) is 5.94. The predicted octanol–water partition coefficient (Wildman–Crippen LogP) is 3.68. The van der Waals surface area contributed by atoms with Crippen LogP contribution in [0.3, 0.4) is 0 Å². The van der Waals surface area contributed by atoms with Crippen molar-refractivity contribution in [2.45, 2.75) is 13.0 Å². The first-order valence-corrected chi connectivity index (χ1v) is 6.33. The fourth-order valence-electron chi connectivity index (χ4n) is 1.65. The molecule has 92 valence electrons.